The first-order chi connectivity index (χ1) is 14.1. The van der Waals surface area contributed by atoms with Crippen LogP contribution in [-0.4, -0.2) is 23.7 Å². The van der Waals surface area contributed by atoms with Crippen LogP contribution in [0.25, 0.3) is 0 Å². The van der Waals surface area contributed by atoms with E-state index in [1.165, 1.54) is 0 Å². The summed E-state index contributed by atoms with van der Waals surface area (Å²) in [5.41, 5.74) is 4.10. The zero-order valence-electron chi connectivity index (χ0n) is 16.6. The Labute approximate surface area is 175 Å². The highest BCUT2D eigenvalue weighted by Crippen LogP contribution is 2.43. The Morgan fingerprint density at radius 3 is 2.48 bits per heavy atom. The molecule has 4 nitrogen and oxygen atoms in total. The first-order valence-corrected chi connectivity index (χ1v) is 11.1. The van der Waals surface area contributed by atoms with Gasteiger partial charge in [-0.1, -0.05) is 30.3 Å². The number of carbonyl (C=O) groups excluding carboxylic acids is 2. The fraction of sp³-hybridized carbons (Fsp3) is 0.292. The topological polar surface area (TPSA) is 58.5 Å². The number of anilines is 1. The van der Waals surface area contributed by atoms with Gasteiger partial charge in [0.15, 0.2) is 5.78 Å². The molecule has 1 aliphatic carbocycles. The second-order valence-electron chi connectivity index (χ2n) is 7.47. The average Bonchev–Trinajstić information content (AvgIpc) is 2.73. The van der Waals surface area contributed by atoms with E-state index in [1.807, 2.05) is 55.6 Å². The molecule has 0 saturated carbocycles. The highest BCUT2D eigenvalue weighted by molar-refractivity contribution is 7.98. The number of amides is 1. The summed E-state index contributed by atoms with van der Waals surface area (Å²) in [4.78, 5) is 32.1. The van der Waals surface area contributed by atoms with Gasteiger partial charge in [-0.05, 0) is 55.9 Å². The molecule has 0 radical (unpaired) electrons. The van der Waals surface area contributed by atoms with Crippen LogP contribution in [-0.2, 0) is 9.59 Å². The van der Waals surface area contributed by atoms with E-state index in [4.69, 9.17) is 4.99 Å². The third kappa shape index (κ3) is 3.92. The largest absolute Gasteiger partial charge is 0.325 e. The maximum atomic E-state index is 13.3. The van der Waals surface area contributed by atoms with Gasteiger partial charge in [0, 0.05) is 39.9 Å². The highest BCUT2D eigenvalue weighted by Gasteiger charge is 2.42. The molecule has 2 aromatic rings. The second-order valence-corrected chi connectivity index (χ2v) is 8.35. The SMILES string of the molecule is CSc1ccc([C@H]2C3=C(CCCC3=O)N=C(C)C2C(=O)Nc2ccccc2)cc1. The standard InChI is InChI=1S/C24H24N2O2S/c1-15-21(24(28)26-17-7-4-3-5-8-17)22(16-11-13-18(29-2)14-12-16)23-19(25-15)9-6-10-20(23)27/h3-5,7-8,11-14,21-22H,6,9-10H2,1-2H3,(H,26,28)/t21?,22-/m1/s1. The van der Waals surface area contributed by atoms with E-state index in [0.29, 0.717) is 6.42 Å². The zero-order chi connectivity index (χ0) is 20.4. The molecule has 0 bridgehead atoms. The lowest BCUT2D eigenvalue weighted by Crippen LogP contribution is -2.39. The number of allylic oxidation sites excluding steroid dienone is 2. The van der Waals surface area contributed by atoms with Crippen LogP contribution in [0.4, 0.5) is 5.69 Å². The summed E-state index contributed by atoms with van der Waals surface area (Å²) >= 11 is 1.67. The number of Topliss-reactive ketones (excluding diaryl/α,β-unsaturated/α-hetero) is 1. The Kier molecular flexibility index (Phi) is 5.67. The number of carbonyl (C=O) groups is 2. The first kappa shape index (κ1) is 19.6. The summed E-state index contributed by atoms with van der Waals surface area (Å²) in [6.45, 7) is 1.90. The number of para-hydroxylation sites is 1. The van der Waals surface area contributed by atoms with Crippen molar-refractivity contribution in [1.82, 2.24) is 0 Å². The van der Waals surface area contributed by atoms with Gasteiger partial charge in [0.05, 0.1) is 5.92 Å². The van der Waals surface area contributed by atoms with E-state index >= 15 is 0 Å². The van der Waals surface area contributed by atoms with Crippen molar-refractivity contribution in [2.45, 2.75) is 37.0 Å². The molecule has 1 aliphatic heterocycles. The number of benzene rings is 2. The molecule has 1 N–H and O–H groups in total. The van der Waals surface area contributed by atoms with Crippen molar-refractivity contribution in [3.63, 3.8) is 0 Å². The number of nitrogens with zero attached hydrogens (tertiary/aromatic N) is 1. The van der Waals surface area contributed by atoms with Crippen molar-refractivity contribution < 1.29 is 9.59 Å². The molecule has 0 aromatic heterocycles. The van der Waals surface area contributed by atoms with Crippen LogP contribution in [0.1, 0.15) is 37.7 Å². The lowest BCUT2D eigenvalue weighted by atomic mass is 9.71. The predicted molar refractivity (Wildman–Crippen MR) is 119 cm³/mol. The van der Waals surface area contributed by atoms with E-state index in [1.54, 1.807) is 11.8 Å². The lowest BCUT2D eigenvalue weighted by molar-refractivity contribution is -0.119. The quantitative estimate of drug-likeness (QED) is 0.710. The van der Waals surface area contributed by atoms with Crippen LogP contribution in [0.5, 0.6) is 0 Å². The predicted octanol–water partition coefficient (Wildman–Crippen LogP) is 5.23. The zero-order valence-corrected chi connectivity index (χ0v) is 17.5. The van der Waals surface area contributed by atoms with Crippen molar-refractivity contribution in [1.29, 1.82) is 0 Å². The number of thioether (sulfide) groups is 1. The van der Waals surface area contributed by atoms with Crippen molar-refractivity contribution in [3.8, 4) is 0 Å². The van der Waals surface area contributed by atoms with Gasteiger partial charge in [0.1, 0.15) is 0 Å². The van der Waals surface area contributed by atoms with Crippen LogP contribution in [0.3, 0.4) is 0 Å². The maximum absolute atomic E-state index is 13.3. The number of rotatable bonds is 4. The van der Waals surface area contributed by atoms with Gasteiger partial charge in [-0.15, -0.1) is 11.8 Å². The van der Waals surface area contributed by atoms with Crippen molar-refractivity contribution in [2.75, 3.05) is 11.6 Å². The van der Waals surface area contributed by atoms with Crippen molar-refractivity contribution in [3.05, 3.63) is 71.4 Å². The Hall–Kier alpha value is -2.66. The van der Waals surface area contributed by atoms with Gasteiger partial charge in [-0.25, -0.2) is 0 Å². The smallest absolute Gasteiger partial charge is 0.234 e. The number of hydrogen-bond donors (Lipinski definition) is 1. The number of ketones is 1. The summed E-state index contributed by atoms with van der Waals surface area (Å²) in [6, 6.07) is 17.6. The van der Waals surface area contributed by atoms with Crippen LogP contribution < -0.4 is 5.32 Å². The van der Waals surface area contributed by atoms with E-state index in [2.05, 4.69) is 17.4 Å². The molecule has 29 heavy (non-hydrogen) atoms. The second kappa shape index (κ2) is 8.37. The van der Waals surface area contributed by atoms with Crippen molar-refractivity contribution >= 4 is 34.9 Å². The van der Waals surface area contributed by atoms with Crippen LogP contribution in [0.15, 0.2) is 75.8 Å². The molecule has 5 heteroatoms. The summed E-state index contributed by atoms with van der Waals surface area (Å²) < 4.78 is 0. The average molecular weight is 405 g/mol. The van der Waals surface area contributed by atoms with Gasteiger partial charge in [0.2, 0.25) is 5.91 Å². The Morgan fingerprint density at radius 1 is 1.07 bits per heavy atom. The van der Waals surface area contributed by atoms with E-state index in [0.717, 1.165) is 46.0 Å². The molecule has 4 rings (SSSR count). The van der Waals surface area contributed by atoms with Crippen LogP contribution in [0.2, 0.25) is 0 Å². The van der Waals surface area contributed by atoms with Crippen LogP contribution in [0, 0.1) is 5.92 Å². The highest BCUT2D eigenvalue weighted by atomic mass is 32.2. The molecule has 1 heterocycles. The van der Waals surface area contributed by atoms with E-state index in [9.17, 15) is 9.59 Å². The molecule has 0 fully saturated rings. The number of hydrogen-bond acceptors (Lipinski definition) is 4. The van der Waals surface area contributed by atoms with Gasteiger partial charge >= 0.3 is 0 Å². The first-order valence-electron chi connectivity index (χ1n) is 9.90. The van der Waals surface area contributed by atoms with E-state index in [-0.39, 0.29) is 17.6 Å². The molecule has 0 saturated heterocycles. The lowest BCUT2D eigenvalue weighted by Gasteiger charge is -2.35. The van der Waals surface area contributed by atoms with E-state index < -0.39 is 5.92 Å². The molecular weight excluding hydrogens is 380 g/mol. The van der Waals surface area contributed by atoms with Gasteiger partial charge in [-0.2, -0.15) is 0 Å². The Bertz CT molecular complexity index is 993. The normalized spacial score (nSPS) is 21.4. The number of aliphatic imine (C=N–C) groups is 1. The number of nitrogens with one attached hydrogen (secondary N) is 1. The maximum Gasteiger partial charge on any atom is 0.234 e. The van der Waals surface area contributed by atoms with Crippen molar-refractivity contribution in [2.24, 2.45) is 10.9 Å². The Balaban J connectivity index is 1.77. The van der Waals surface area contributed by atoms with Gasteiger partial charge in [0.25, 0.3) is 0 Å². The molecule has 148 valence electrons. The molecule has 1 unspecified atom stereocenters. The minimum Gasteiger partial charge on any atom is -0.325 e. The van der Waals surface area contributed by atoms with Gasteiger partial charge in [-0.3, -0.25) is 14.6 Å². The van der Waals surface area contributed by atoms with Crippen LogP contribution >= 0.6 is 11.8 Å². The molecule has 1 amide bonds. The summed E-state index contributed by atoms with van der Waals surface area (Å²) in [6.07, 6.45) is 4.19. The molecule has 0 spiro atoms. The molecule has 2 aliphatic rings. The van der Waals surface area contributed by atoms with Gasteiger partial charge < -0.3 is 5.32 Å². The third-order valence-corrected chi connectivity index (χ3v) is 6.38. The molecular formula is C24H24N2O2S. The summed E-state index contributed by atoms with van der Waals surface area (Å²) in [5.74, 6) is -0.800. The summed E-state index contributed by atoms with van der Waals surface area (Å²) in [7, 11) is 0. The summed E-state index contributed by atoms with van der Waals surface area (Å²) in [5, 5.41) is 3.02. The fourth-order valence-electron chi connectivity index (χ4n) is 4.26. The minimum atomic E-state index is -0.504. The fourth-order valence-corrected chi connectivity index (χ4v) is 4.67. The molecule has 2 aromatic carbocycles. The Morgan fingerprint density at radius 2 is 1.79 bits per heavy atom. The minimum absolute atomic E-state index is 0.124. The third-order valence-electron chi connectivity index (χ3n) is 5.63. The monoisotopic (exact) mass is 404 g/mol. The molecule has 2 atom stereocenters.